The molecule has 0 saturated heterocycles. The second kappa shape index (κ2) is 8.42. The molecule has 3 rings (SSSR count). The van der Waals surface area contributed by atoms with Gasteiger partial charge in [0, 0.05) is 12.0 Å². The topological polar surface area (TPSA) is 84.9 Å². The number of hydrogen-bond donors (Lipinski definition) is 1. The van der Waals surface area contributed by atoms with Crippen molar-refractivity contribution in [3.05, 3.63) is 53.6 Å². The lowest BCUT2D eigenvalue weighted by molar-refractivity contribution is -0.123. The quantitative estimate of drug-likeness (QED) is 0.733. The highest BCUT2D eigenvalue weighted by molar-refractivity contribution is 7.92. The molecule has 1 aliphatic rings. The van der Waals surface area contributed by atoms with Crippen LogP contribution in [-0.4, -0.2) is 39.3 Å². The van der Waals surface area contributed by atoms with Gasteiger partial charge in [-0.05, 0) is 63.6 Å². The molecule has 8 heteroatoms. The van der Waals surface area contributed by atoms with Crippen molar-refractivity contribution in [2.75, 3.05) is 17.7 Å². The molecule has 0 spiro atoms. The molecule has 7 nitrogen and oxygen atoms in total. The summed E-state index contributed by atoms with van der Waals surface area (Å²) in [4.78, 5) is 13.2. The minimum absolute atomic E-state index is 0.345. The smallest absolute Gasteiger partial charge is 0.244 e. The van der Waals surface area contributed by atoms with Crippen molar-refractivity contribution in [1.82, 2.24) is 5.32 Å². The molecule has 0 bridgehead atoms. The van der Waals surface area contributed by atoms with Crippen molar-refractivity contribution in [3.63, 3.8) is 0 Å². The number of carbonyl (C=O) groups excluding carboxylic acids is 1. The van der Waals surface area contributed by atoms with Crippen LogP contribution in [-0.2, 0) is 14.8 Å². The summed E-state index contributed by atoms with van der Waals surface area (Å²) in [7, 11) is -2.11. The molecule has 1 aliphatic heterocycles. The fraction of sp³-hybridized carbons (Fsp3) is 0.435. The molecule has 2 aromatic rings. The van der Waals surface area contributed by atoms with E-state index in [-0.39, 0.29) is 11.9 Å². The first kappa shape index (κ1) is 22.9. The Balaban J connectivity index is 1.92. The molecule has 1 amide bonds. The molecule has 0 aromatic heterocycles. The van der Waals surface area contributed by atoms with Gasteiger partial charge in [0.05, 0.1) is 25.1 Å². The van der Waals surface area contributed by atoms with Gasteiger partial charge in [-0.2, -0.15) is 0 Å². The number of amides is 1. The summed E-state index contributed by atoms with van der Waals surface area (Å²) in [5.74, 6) is 0.948. The van der Waals surface area contributed by atoms with E-state index in [1.807, 2.05) is 45.0 Å². The standard InChI is InChI=1S/C23H30N2O5S/c1-15-8-7-9-17(12-15)25(31(6,27)28)16(2)22(26)24-20-14-23(3,4)30-21-11-10-18(29-5)13-19(20)21/h7-13,16,20H,14H2,1-6H3,(H,24,26). The average Bonchev–Trinajstić information content (AvgIpc) is 2.66. The molecule has 168 valence electrons. The third-order valence-corrected chi connectivity index (χ3v) is 6.58. The van der Waals surface area contributed by atoms with E-state index in [4.69, 9.17) is 9.47 Å². The minimum Gasteiger partial charge on any atom is -0.497 e. The molecule has 0 saturated carbocycles. The van der Waals surface area contributed by atoms with Crippen LogP contribution >= 0.6 is 0 Å². The third kappa shape index (κ3) is 5.12. The van der Waals surface area contributed by atoms with Crippen LogP contribution in [0.1, 0.15) is 44.4 Å². The van der Waals surface area contributed by atoms with Crippen LogP contribution in [0.2, 0.25) is 0 Å². The van der Waals surface area contributed by atoms with Gasteiger partial charge in [0.2, 0.25) is 15.9 Å². The van der Waals surface area contributed by atoms with Gasteiger partial charge in [0.25, 0.3) is 0 Å². The molecular weight excluding hydrogens is 416 g/mol. The van der Waals surface area contributed by atoms with Gasteiger partial charge in [-0.3, -0.25) is 9.10 Å². The molecule has 1 N–H and O–H groups in total. The highest BCUT2D eigenvalue weighted by Gasteiger charge is 2.37. The summed E-state index contributed by atoms with van der Waals surface area (Å²) in [6, 6.07) is 11.3. The zero-order chi connectivity index (χ0) is 23.0. The number of nitrogens with zero attached hydrogens (tertiary/aromatic N) is 1. The lowest BCUT2D eigenvalue weighted by Crippen LogP contribution is -2.50. The second-order valence-electron chi connectivity index (χ2n) is 8.60. The zero-order valence-corrected chi connectivity index (χ0v) is 19.6. The Hall–Kier alpha value is -2.74. The van der Waals surface area contributed by atoms with Crippen LogP contribution in [0, 0.1) is 6.92 Å². The Labute approximate surface area is 184 Å². The van der Waals surface area contributed by atoms with E-state index >= 15 is 0 Å². The van der Waals surface area contributed by atoms with E-state index in [2.05, 4.69) is 5.32 Å². The second-order valence-corrected chi connectivity index (χ2v) is 10.5. The SMILES string of the molecule is COc1ccc2c(c1)C(NC(=O)C(C)N(c1cccc(C)c1)S(C)(=O)=O)CC(C)(C)O2. The number of nitrogens with one attached hydrogen (secondary N) is 1. The van der Waals surface area contributed by atoms with E-state index in [9.17, 15) is 13.2 Å². The van der Waals surface area contributed by atoms with Gasteiger partial charge in [0.1, 0.15) is 23.1 Å². The Morgan fingerprint density at radius 3 is 2.58 bits per heavy atom. The van der Waals surface area contributed by atoms with Gasteiger partial charge < -0.3 is 14.8 Å². The van der Waals surface area contributed by atoms with Crippen molar-refractivity contribution in [1.29, 1.82) is 0 Å². The zero-order valence-electron chi connectivity index (χ0n) is 18.8. The van der Waals surface area contributed by atoms with E-state index in [0.717, 1.165) is 21.7 Å². The molecule has 2 aromatic carbocycles. The van der Waals surface area contributed by atoms with Crippen LogP contribution in [0.25, 0.3) is 0 Å². The Morgan fingerprint density at radius 2 is 1.97 bits per heavy atom. The summed E-state index contributed by atoms with van der Waals surface area (Å²) in [5, 5.41) is 3.04. The molecule has 1 heterocycles. The highest BCUT2D eigenvalue weighted by Crippen LogP contribution is 2.41. The Morgan fingerprint density at radius 1 is 1.26 bits per heavy atom. The summed E-state index contributed by atoms with van der Waals surface area (Å²) >= 11 is 0. The van der Waals surface area contributed by atoms with Crippen LogP contribution in [0.4, 0.5) is 5.69 Å². The van der Waals surface area contributed by atoms with Crippen LogP contribution < -0.4 is 19.1 Å². The Bertz CT molecular complexity index is 1080. The summed E-state index contributed by atoms with van der Waals surface area (Å²) in [6.45, 7) is 7.38. The van der Waals surface area contributed by atoms with Crippen molar-refractivity contribution in [2.24, 2.45) is 0 Å². The predicted molar refractivity (Wildman–Crippen MR) is 121 cm³/mol. The monoisotopic (exact) mass is 446 g/mol. The largest absolute Gasteiger partial charge is 0.497 e. The van der Waals surface area contributed by atoms with Gasteiger partial charge in [-0.25, -0.2) is 8.42 Å². The molecule has 0 radical (unpaired) electrons. The van der Waals surface area contributed by atoms with Crippen molar-refractivity contribution in [3.8, 4) is 11.5 Å². The van der Waals surface area contributed by atoms with E-state index < -0.39 is 21.7 Å². The number of fused-ring (bicyclic) bond motifs is 1. The van der Waals surface area contributed by atoms with Crippen LogP contribution in [0.15, 0.2) is 42.5 Å². The number of anilines is 1. The van der Waals surface area contributed by atoms with Crippen molar-refractivity contribution in [2.45, 2.75) is 51.8 Å². The number of sulfonamides is 1. The third-order valence-electron chi connectivity index (χ3n) is 5.34. The first-order valence-corrected chi connectivity index (χ1v) is 12.0. The minimum atomic E-state index is -3.69. The van der Waals surface area contributed by atoms with Gasteiger partial charge in [-0.1, -0.05) is 12.1 Å². The highest BCUT2D eigenvalue weighted by atomic mass is 32.2. The average molecular weight is 447 g/mol. The maximum absolute atomic E-state index is 13.2. The van der Waals surface area contributed by atoms with Gasteiger partial charge >= 0.3 is 0 Å². The summed E-state index contributed by atoms with van der Waals surface area (Å²) in [6.07, 6.45) is 1.64. The van der Waals surface area contributed by atoms with E-state index in [0.29, 0.717) is 23.6 Å². The number of hydrogen-bond acceptors (Lipinski definition) is 5. The predicted octanol–water partition coefficient (Wildman–Crippen LogP) is 3.58. The first-order valence-electron chi connectivity index (χ1n) is 10.1. The first-order chi connectivity index (χ1) is 14.4. The lowest BCUT2D eigenvalue weighted by atomic mass is 9.89. The number of aryl methyl sites for hydroxylation is 1. The molecule has 0 aliphatic carbocycles. The maximum Gasteiger partial charge on any atom is 0.244 e. The number of benzene rings is 2. The summed E-state index contributed by atoms with van der Waals surface area (Å²) in [5.41, 5.74) is 1.68. The van der Waals surface area contributed by atoms with Crippen molar-refractivity contribution < 1.29 is 22.7 Å². The normalized spacial score (nSPS) is 18.3. The van der Waals surface area contributed by atoms with Gasteiger partial charge in [-0.15, -0.1) is 0 Å². The number of rotatable bonds is 6. The van der Waals surface area contributed by atoms with Gasteiger partial charge in [0.15, 0.2) is 0 Å². The fourth-order valence-electron chi connectivity index (χ4n) is 3.95. The molecular formula is C23H30N2O5S. The molecule has 0 fully saturated rings. The molecule has 2 atom stereocenters. The van der Waals surface area contributed by atoms with Crippen molar-refractivity contribution >= 4 is 21.6 Å². The number of ether oxygens (including phenoxy) is 2. The van der Waals surface area contributed by atoms with Crippen LogP contribution in [0.3, 0.4) is 0 Å². The van der Waals surface area contributed by atoms with E-state index in [1.165, 1.54) is 0 Å². The van der Waals surface area contributed by atoms with Crippen LogP contribution in [0.5, 0.6) is 11.5 Å². The maximum atomic E-state index is 13.2. The number of carbonyl (C=O) groups is 1. The Kier molecular flexibility index (Phi) is 6.23. The fourth-order valence-corrected chi connectivity index (χ4v) is 5.12. The number of methoxy groups -OCH3 is 1. The molecule has 31 heavy (non-hydrogen) atoms. The summed E-state index contributed by atoms with van der Waals surface area (Å²) < 4.78 is 37.7. The molecule has 2 unspecified atom stereocenters. The van der Waals surface area contributed by atoms with E-state index in [1.54, 1.807) is 32.2 Å². The lowest BCUT2D eigenvalue weighted by Gasteiger charge is -2.39.